The molecule has 0 spiro atoms. The molecule has 1 heterocycles. The molecule has 0 atom stereocenters. The Labute approximate surface area is 117 Å². The minimum atomic E-state index is 0.749. The largest absolute Gasteiger partial charge is 0.494 e. The molecule has 98 valence electrons. The molecule has 0 aliphatic rings. The molecule has 0 saturated carbocycles. The van der Waals surface area contributed by atoms with Crippen LogP contribution in [0.2, 0.25) is 5.02 Å². The van der Waals surface area contributed by atoms with Gasteiger partial charge in [-0.25, -0.2) is 0 Å². The van der Waals surface area contributed by atoms with Crippen molar-refractivity contribution in [3.8, 4) is 5.75 Å². The minimum absolute atomic E-state index is 0.749. The van der Waals surface area contributed by atoms with Crippen molar-refractivity contribution in [2.75, 3.05) is 6.61 Å². The first-order valence-corrected chi connectivity index (χ1v) is 6.99. The van der Waals surface area contributed by atoms with E-state index >= 15 is 0 Å². The van der Waals surface area contributed by atoms with Crippen LogP contribution in [0.15, 0.2) is 36.4 Å². The molecule has 2 aromatic carbocycles. The summed E-state index contributed by atoms with van der Waals surface area (Å²) in [7, 11) is 0. The predicted molar refractivity (Wildman–Crippen MR) is 81.2 cm³/mol. The summed E-state index contributed by atoms with van der Waals surface area (Å²) in [4.78, 5) is 3.39. The summed E-state index contributed by atoms with van der Waals surface area (Å²) in [5.74, 6) is 0.915. The molecule has 0 saturated heterocycles. The molecule has 2 nitrogen and oxygen atoms in total. The van der Waals surface area contributed by atoms with Crippen LogP contribution in [0, 0.1) is 0 Å². The van der Waals surface area contributed by atoms with E-state index in [1.54, 1.807) is 0 Å². The van der Waals surface area contributed by atoms with Gasteiger partial charge in [0.05, 0.1) is 12.1 Å². The first-order valence-electron chi connectivity index (χ1n) is 6.61. The van der Waals surface area contributed by atoms with Crippen LogP contribution in [0.4, 0.5) is 0 Å². The third-order valence-corrected chi connectivity index (χ3v) is 3.53. The number of aromatic amines is 1. The molecule has 19 heavy (non-hydrogen) atoms. The molecule has 3 heteroatoms. The highest BCUT2D eigenvalue weighted by Gasteiger charge is 2.05. The normalized spacial score (nSPS) is 11.3. The van der Waals surface area contributed by atoms with Crippen LogP contribution in [-0.2, 0) is 0 Å². The summed E-state index contributed by atoms with van der Waals surface area (Å²) >= 11 is 6.02. The van der Waals surface area contributed by atoms with Crippen LogP contribution >= 0.6 is 11.6 Å². The van der Waals surface area contributed by atoms with Crippen LogP contribution in [-0.4, -0.2) is 11.6 Å². The number of hydrogen-bond donors (Lipinski definition) is 1. The summed E-state index contributed by atoms with van der Waals surface area (Å²) < 4.78 is 5.73. The fourth-order valence-electron chi connectivity index (χ4n) is 2.29. The molecule has 0 aliphatic heterocycles. The Kier molecular flexibility index (Phi) is 3.34. The van der Waals surface area contributed by atoms with Gasteiger partial charge in [0, 0.05) is 27.4 Å². The SMILES string of the molecule is CCCCOc1ccc2c(c1)[nH]c1cc(Cl)ccc12. The maximum atomic E-state index is 6.02. The molecule has 3 rings (SSSR count). The number of aromatic nitrogens is 1. The van der Waals surface area contributed by atoms with Crippen molar-refractivity contribution in [1.82, 2.24) is 4.98 Å². The summed E-state index contributed by atoms with van der Waals surface area (Å²) in [5.41, 5.74) is 2.15. The van der Waals surface area contributed by atoms with Gasteiger partial charge in [-0.1, -0.05) is 31.0 Å². The summed E-state index contributed by atoms with van der Waals surface area (Å²) in [5, 5.41) is 3.15. The molecule has 0 fully saturated rings. The van der Waals surface area contributed by atoms with E-state index in [2.05, 4.69) is 24.0 Å². The van der Waals surface area contributed by atoms with E-state index in [0.29, 0.717) is 0 Å². The highest BCUT2D eigenvalue weighted by Crippen LogP contribution is 2.29. The fourth-order valence-corrected chi connectivity index (χ4v) is 2.46. The topological polar surface area (TPSA) is 25.0 Å². The quantitative estimate of drug-likeness (QED) is 0.653. The third kappa shape index (κ3) is 2.41. The van der Waals surface area contributed by atoms with Gasteiger partial charge in [0.25, 0.3) is 0 Å². The Balaban J connectivity index is 2.01. The fraction of sp³-hybridized carbons (Fsp3) is 0.250. The number of H-pyrrole nitrogens is 1. The van der Waals surface area contributed by atoms with Crippen LogP contribution in [0.25, 0.3) is 21.8 Å². The molecule has 0 aliphatic carbocycles. The standard InChI is InChI=1S/C16H16ClNO/c1-2-3-8-19-12-5-7-14-13-6-4-11(17)9-15(13)18-16(14)10-12/h4-7,9-10,18H,2-3,8H2,1H3. The van der Waals surface area contributed by atoms with E-state index in [1.807, 2.05) is 24.3 Å². The number of benzene rings is 2. The minimum Gasteiger partial charge on any atom is -0.494 e. The van der Waals surface area contributed by atoms with Crippen LogP contribution in [0.3, 0.4) is 0 Å². The van der Waals surface area contributed by atoms with E-state index in [-0.39, 0.29) is 0 Å². The van der Waals surface area contributed by atoms with Gasteiger partial charge in [-0.15, -0.1) is 0 Å². The Morgan fingerprint density at radius 2 is 1.79 bits per heavy atom. The maximum Gasteiger partial charge on any atom is 0.121 e. The zero-order valence-electron chi connectivity index (χ0n) is 10.9. The van der Waals surface area contributed by atoms with Crippen LogP contribution in [0.1, 0.15) is 19.8 Å². The first-order chi connectivity index (χ1) is 9.28. The molecule has 3 aromatic rings. The number of fused-ring (bicyclic) bond motifs is 3. The second kappa shape index (κ2) is 5.14. The molecule has 0 bridgehead atoms. The van der Waals surface area contributed by atoms with Crippen molar-refractivity contribution in [1.29, 1.82) is 0 Å². The van der Waals surface area contributed by atoms with E-state index in [4.69, 9.17) is 16.3 Å². The molecular formula is C16H16ClNO. The smallest absolute Gasteiger partial charge is 0.121 e. The molecular weight excluding hydrogens is 258 g/mol. The number of halogens is 1. The zero-order chi connectivity index (χ0) is 13.2. The van der Waals surface area contributed by atoms with Crippen LogP contribution < -0.4 is 4.74 Å². The van der Waals surface area contributed by atoms with Crippen molar-refractivity contribution in [2.24, 2.45) is 0 Å². The van der Waals surface area contributed by atoms with Crippen molar-refractivity contribution >= 4 is 33.4 Å². The lowest BCUT2D eigenvalue weighted by Crippen LogP contribution is -1.95. The monoisotopic (exact) mass is 273 g/mol. The summed E-state index contributed by atoms with van der Waals surface area (Å²) in [6, 6.07) is 12.1. The highest BCUT2D eigenvalue weighted by molar-refractivity contribution is 6.31. The van der Waals surface area contributed by atoms with Gasteiger partial charge >= 0.3 is 0 Å². The average Bonchev–Trinajstić information content (AvgIpc) is 2.75. The van der Waals surface area contributed by atoms with Gasteiger partial charge in [-0.05, 0) is 30.7 Å². The second-order valence-corrected chi connectivity index (χ2v) is 5.16. The lowest BCUT2D eigenvalue weighted by Gasteiger charge is -2.04. The molecule has 0 amide bonds. The van der Waals surface area contributed by atoms with E-state index in [1.165, 1.54) is 10.8 Å². The Morgan fingerprint density at radius 3 is 2.58 bits per heavy atom. The molecule has 0 unspecified atom stereocenters. The second-order valence-electron chi connectivity index (χ2n) is 4.72. The number of nitrogens with one attached hydrogen (secondary N) is 1. The Bertz CT molecular complexity index is 717. The molecule has 0 radical (unpaired) electrons. The number of rotatable bonds is 4. The zero-order valence-corrected chi connectivity index (χ0v) is 11.6. The van der Waals surface area contributed by atoms with E-state index in [0.717, 1.165) is 41.3 Å². The highest BCUT2D eigenvalue weighted by atomic mass is 35.5. The van der Waals surface area contributed by atoms with Crippen molar-refractivity contribution < 1.29 is 4.74 Å². The van der Waals surface area contributed by atoms with Gasteiger partial charge in [-0.2, -0.15) is 0 Å². The van der Waals surface area contributed by atoms with E-state index < -0.39 is 0 Å². The van der Waals surface area contributed by atoms with E-state index in [9.17, 15) is 0 Å². The average molecular weight is 274 g/mol. The Morgan fingerprint density at radius 1 is 1.05 bits per heavy atom. The van der Waals surface area contributed by atoms with Crippen LogP contribution in [0.5, 0.6) is 5.75 Å². The van der Waals surface area contributed by atoms with Crippen molar-refractivity contribution in [2.45, 2.75) is 19.8 Å². The number of hydrogen-bond acceptors (Lipinski definition) is 1. The summed E-state index contributed by atoms with van der Waals surface area (Å²) in [6.07, 6.45) is 2.23. The van der Waals surface area contributed by atoms with Gasteiger partial charge in [-0.3, -0.25) is 0 Å². The van der Waals surface area contributed by atoms with Crippen molar-refractivity contribution in [3.05, 3.63) is 41.4 Å². The lowest BCUT2D eigenvalue weighted by molar-refractivity contribution is 0.310. The maximum absolute atomic E-state index is 6.02. The van der Waals surface area contributed by atoms with Gasteiger partial charge < -0.3 is 9.72 Å². The predicted octanol–water partition coefficient (Wildman–Crippen LogP) is 5.15. The van der Waals surface area contributed by atoms with Gasteiger partial charge in [0.1, 0.15) is 5.75 Å². The summed E-state index contributed by atoms with van der Waals surface area (Å²) in [6.45, 7) is 2.93. The number of unbranched alkanes of at least 4 members (excludes halogenated alkanes) is 1. The van der Waals surface area contributed by atoms with Gasteiger partial charge in [0.2, 0.25) is 0 Å². The molecule has 1 aromatic heterocycles. The molecule has 1 N–H and O–H groups in total. The Hall–Kier alpha value is -1.67. The third-order valence-electron chi connectivity index (χ3n) is 3.30. The lowest BCUT2D eigenvalue weighted by atomic mass is 10.1. The van der Waals surface area contributed by atoms with Gasteiger partial charge in [0.15, 0.2) is 0 Å². The first kappa shape index (κ1) is 12.4. The number of ether oxygens (including phenoxy) is 1. The van der Waals surface area contributed by atoms with Crippen molar-refractivity contribution in [3.63, 3.8) is 0 Å².